The maximum Gasteiger partial charge on any atom is 0.318 e. The van der Waals surface area contributed by atoms with Crippen LogP contribution in [0.5, 0.6) is 0 Å². The van der Waals surface area contributed by atoms with Crippen molar-refractivity contribution in [1.82, 2.24) is 20.4 Å². The van der Waals surface area contributed by atoms with Crippen molar-refractivity contribution in [3.8, 4) is 0 Å². The van der Waals surface area contributed by atoms with Gasteiger partial charge in [-0.25, -0.2) is 9.18 Å². The summed E-state index contributed by atoms with van der Waals surface area (Å²) in [7, 11) is -1.75. The summed E-state index contributed by atoms with van der Waals surface area (Å²) >= 11 is 0. The maximum absolute atomic E-state index is 13.7. The van der Waals surface area contributed by atoms with Gasteiger partial charge in [0.1, 0.15) is 5.82 Å². The van der Waals surface area contributed by atoms with Crippen LogP contribution in [0.1, 0.15) is 69.8 Å². The van der Waals surface area contributed by atoms with Crippen LogP contribution in [0, 0.1) is 11.2 Å². The summed E-state index contributed by atoms with van der Waals surface area (Å²) < 4.78 is 13.6. The molecule has 0 saturated heterocycles. The van der Waals surface area contributed by atoms with E-state index in [1.54, 1.807) is 17.0 Å². The van der Waals surface area contributed by atoms with Gasteiger partial charge in [-0.3, -0.25) is 9.89 Å². The Kier molecular flexibility index (Phi) is 6.82. The zero-order valence-electron chi connectivity index (χ0n) is 23.0. The fraction of sp³-hybridized carbons (Fsp3) is 0.593. The number of hydrogen-bond donors (Lipinski definition) is 4. The summed E-state index contributed by atoms with van der Waals surface area (Å²) in [6.45, 7) is 14.4. The van der Waals surface area contributed by atoms with Crippen molar-refractivity contribution >= 4 is 25.8 Å². The third kappa shape index (κ3) is 4.58. The Morgan fingerprint density at radius 1 is 1.22 bits per heavy atom. The number of anilines is 1. The Morgan fingerprint density at radius 3 is 2.35 bits per heavy atom. The molecule has 1 fully saturated rings. The van der Waals surface area contributed by atoms with Crippen LogP contribution in [0.25, 0.3) is 0 Å². The number of aromatic amines is 1. The van der Waals surface area contributed by atoms with Crippen molar-refractivity contribution in [2.24, 2.45) is 5.41 Å². The molecule has 4 N–H and O–H groups in total. The second-order valence-electron chi connectivity index (χ2n) is 12.8. The molecule has 1 saturated carbocycles. The molecule has 1 atom stereocenters. The largest absolute Gasteiger partial charge is 0.396 e. The number of halogens is 1. The normalized spacial score (nSPS) is 19.1. The van der Waals surface area contributed by atoms with Crippen LogP contribution < -0.4 is 10.6 Å². The molecule has 2 aliphatic rings. The van der Waals surface area contributed by atoms with Gasteiger partial charge in [0.15, 0.2) is 5.82 Å². The second-order valence-corrected chi connectivity index (χ2v) is 18.2. The number of aromatic nitrogens is 2. The molecule has 0 radical (unpaired) electrons. The number of aliphatic hydroxyl groups is 1. The van der Waals surface area contributed by atoms with E-state index in [1.807, 2.05) is 27.7 Å². The van der Waals surface area contributed by atoms with Crippen LogP contribution in [0.3, 0.4) is 0 Å². The van der Waals surface area contributed by atoms with Crippen LogP contribution in [0.4, 0.5) is 15.0 Å². The summed E-state index contributed by atoms with van der Waals surface area (Å²) in [4.78, 5) is 28.8. The highest BCUT2D eigenvalue weighted by Crippen LogP contribution is 2.56. The van der Waals surface area contributed by atoms with E-state index in [0.29, 0.717) is 11.4 Å². The summed E-state index contributed by atoms with van der Waals surface area (Å²) in [5.74, 6) is 0.155. The van der Waals surface area contributed by atoms with E-state index in [1.165, 1.54) is 12.1 Å². The number of fused-ring (bicyclic) bond motifs is 1. The molecule has 203 valence electrons. The first-order valence-corrected chi connectivity index (χ1v) is 16.5. The van der Waals surface area contributed by atoms with E-state index in [2.05, 4.69) is 40.5 Å². The van der Waals surface area contributed by atoms with Gasteiger partial charge in [0.05, 0.1) is 30.4 Å². The van der Waals surface area contributed by atoms with Crippen LogP contribution in [0.15, 0.2) is 24.3 Å². The first-order valence-electron chi connectivity index (χ1n) is 13.0. The number of amides is 3. The predicted octanol–water partition coefficient (Wildman–Crippen LogP) is 5.27. The number of nitrogens with zero attached hydrogens (tertiary/aromatic N) is 2. The number of carbonyl (C=O) groups is 2. The average molecular weight is 530 g/mol. The number of H-pyrrole nitrogens is 1. The maximum atomic E-state index is 13.7. The van der Waals surface area contributed by atoms with Gasteiger partial charge in [-0.05, 0) is 31.5 Å². The van der Waals surface area contributed by atoms with Crippen molar-refractivity contribution in [3.63, 3.8) is 0 Å². The molecule has 10 heteroatoms. The molecule has 2 aromatic rings. The van der Waals surface area contributed by atoms with Gasteiger partial charge in [0.25, 0.3) is 0 Å². The lowest BCUT2D eigenvalue weighted by atomic mass is 9.81. The SMILES string of the molecule is CC(C)(CO)C(NC(=O)N1Cc2c(NC(=O)C3([Si-](C)(C)C)CCC3)n[nH]c2C1(C)C)c1ccc(F)cc1. The van der Waals surface area contributed by atoms with E-state index >= 15 is 0 Å². The van der Waals surface area contributed by atoms with Crippen molar-refractivity contribution < 1.29 is 19.1 Å². The molecule has 1 aromatic heterocycles. The molecule has 1 aliphatic heterocycles. The highest BCUT2D eigenvalue weighted by molar-refractivity contribution is 6.83. The van der Waals surface area contributed by atoms with Gasteiger partial charge in [-0.1, -0.05) is 50.3 Å². The predicted molar refractivity (Wildman–Crippen MR) is 144 cm³/mol. The minimum Gasteiger partial charge on any atom is -0.396 e. The number of carbonyl (C=O) groups excluding carboxylic acids is 2. The first kappa shape index (κ1) is 27.3. The Balaban J connectivity index is 1.57. The molecular formula is C27H40FN5O3Si-. The Labute approximate surface area is 219 Å². The summed E-state index contributed by atoms with van der Waals surface area (Å²) in [6.07, 6.45) is 2.88. The van der Waals surface area contributed by atoms with Gasteiger partial charge in [-0.15, -0.1) is 8.07 Å². The number of nitrogens with one attached hydrogen (secondary N) is 3. The van der Waals surface area contributed by atoms with Crippen LogP contribution in [-0.4, -0.2) is 46.8 Å². The summed E-state index contributed by atoms with van der Waals surface area (Å²) in [6, 6.07) is 5.09. The van der Waals surface area contributed by atoms with E-state index in [9.17, 15) is 19.1 Å². The summed E-state index contributed by atoms with van der Waals surface area (Å²) in [5, 5.41) is 23.4. The highest BCUT2D eigenvalue weighted by atomic mass is 28.3. The molecule has 8 nitrogen and oxygen atoms in total. The fourth-order valence-corrected chi connectivity index (χ4v) is 8.30. The zero-order chi connectivity index (χ0) is 27.4. The van der Waals surface area contributed by atoms with E-state index in [0.717, 1.165) is 30.5 Å². The molecule has 1 aromatic carbocycles. The van der Waals surface area contributed by atoms with Crippen molar-refractivity contribution in [2.45, 2.75) is 89.8 Å². The zero-order valence-corrected chi connectivity index (χ0v) is 24.0. The van der Waals surface area contributed by atoms with Gasteiger partial charge < -0.3 is 20.6 Å². The lowest BCUT2D eigenvalue weighted by Gasteiger charge is -2.57. The Bertz CT molecular complexity index is 1180. The molecule has 0 bridgehead atoms. The Hall–Kier alpha value is -2.72. The third-order valence-corrected chi connectivity index (χ3v) is 12.3. The smallest absolute Gasteiger partial charge is 0.318 e. The van der Waals surface area contributed by atoms with Gasteiger partial charge >= 0.3 is 6.03 Å². The Morgan fingerprint density at radius 2 is 1.84 bits per heavy atom. The molecular weight excluding hydrogens is 489 g/mol. The van der Waals surface area contributed by atoms with Crippen LogP contribution >= 0.6 is 0 Å². The quantitative estimate of drug-likeness (QED) is 0.366. The van der Waals surface area contributed by atoms with Gasteiger partial charge in [-0.2, -0.15) is 24.7 Å². The lowest BCUT2D eigenvalue weighted by Crippen LogP contribution is -2.52. The van der Waals surface area contributed by atoms with Crippen molar-refractivity contribution in [2.75, 3.05) is 11.9 Å². The minimum absolute atomic E-state index is 0.0361. The second kappa shape index (κ2) is 9.23. The minimum atomic E-state index is -1.75. The lowest BCUT2D eigenvalue weighted by molar-refractivity contribution is -0.121. The number of rotatable bonds is 7. The van der Waals surface area contributed by atoms with E-state index in [-0.39, 0.29) is 35.9 Å². The first-order chi connectivity index (χ1) is 17.1. The summed E-state index contributed by atoms with van der Waals surface area (Å²) in [5.41, 5.74) is 0.891. The van der Waals surface area contributed by atoms with Crippen molar-refractivity contribution in [3.05, 3.63) is 46.9 Å². The fourth-order valence-electron chi connectivity index (χ4n) is 5.70. The molecule has 0 spiro atoms. The number of aliphatic hydroxyl groups excluding tert-OH is 1. The average Bonchev–Trinajstić information content (AvgIpc) is 3.28. The number of hydrogen-bond acceptors (Lipinski definition) is 4. The monoisotopic (exact) mass is 529 g/mol. The van der Waals surface area contributed by atoms with E-state index in [4.69, 9.17) is 0 Å². The molecule has 1 unspecified atom stereocenters. The van der Waals surface area contributed by atoms with Crippen molar-refractivity contribution in [1.29, 1.82) is 0 Å². The molecule has 3 amide bonds. The van der Waals surface area contributed by atoms with E-state index < -0.39 is 25.1 Å². The van der Waals surface area contributed by atoms with Crippen LogP contribution in [0.2, 0.25) is 24.7 Å². The highest BCUT2D eigenvalue weighted by Gasteiger charge is 2.48. The molecule has 2 heterocycles. The molecule has 1 aliphatic carbocycles. The standard InChI is InChI=1S/C27H40FN5O3Si/c1-25(2,16-34)20(17-9-11-18(28)12-10-17)29-24(36)33-15-19-21(26(33,3)4)31-32-22(19)30-23(35)27(13-8-14-27)37(5,6)7/h9-12,20,34H,8,13-16H2,1-7H3,(H,29,36)(H2,30,31,32,35)/q-1. The number of urea groups is 1. The van der Waals surface area contributed by atoms with Gasteiger partial charge in [0, 0.05) is 11.0 Å². The topological polar surface area (TPSA) is 110 Å². The van der Waals surface area contributed by atoms with Gasteiger partial charge in [0.2, 0.25) is 5.91 Å². The third-order valence-electron chi connectivity index (χ3n) is 8.68. The number of benzene rings is 1. The molecule has 37 heavy (non-hydrogen) atoms. The molecule has 4 rings (SSSR count). The van der Waals surface area contributed by atoms with Crippen LogP contribution in [-0.2, 0) is 16.9 Å².